The Morgan fingerprint density at radius 3 is 2.95 bits per heavy atom. The molecule has 0 fully saturated rings. The number of hydrogen-bond donors (Lipinski definition) is 3. The van der Waals surface area contributed by atoms with Gasteiger partial charge in [0.05, 0.1) is 12.3 Å². The first-order chi connectivity index (χ1) is 10.5. The van der Waals surface area contributed by atoms with Gasteiger partial charge >= 0.3 is 0 Å². The lowest BCUT2D eigenvalue weighted by Gasteiger charge is -2.11. The number of ether oxygens (including phenoxy) is 1. The molecule has 0 spiro atoms. The molecule has 0 bridgehead atoms. The van der Waals surface area contributed by atoms with Crippen molar-refractivity contribution in [1.29, 1.82) is 0 Å². The Hall–Kier alpha value is -2.83. The van der Waals surface area contributed by atoms with Gasteiger partial charge in [0, 0.05) is 6.08 Å². The van der Waals surface area contributed by atoms with Crippen molar-refractivity contribution in [2.75, 3.05) is 17.7 Å². The van der Waals surface area contributed by atoms with Crippen molar-refractivity contribution in [3.8, 4) is 5.75 Å². The minimum absolute atomic E-state index is 0.298. The zero-order valence-corrected chi connectivity index (χ0v) is 12.5. The summed E-state index contributed by atoms with van der Waals surface area (Å²) in [7, 11) is 0. The van der Waals surface area contributed by atoms with Crippen LogP contribution < -0.4 is 15.8 Å². The molecule has 0 radical (unpaired) electrons. The summed E-state index contributed by atoms with van der Waals surface area (Å²) in [6.45, 7) is 4.75. The molecule has 2 rings (SSSR count). The zero-order chi connectivity index (χ0) is 15.9. The molecule has 116 valence electrons. The Kier molecular flexibility index (Phi) is 5.13. The highest BCUT2D eigenvalue weighted by molar-refractivity contribution is 6.00. The van der Waals surface area contributed by atoms with E-state index in [2.05, 4.69) is 34.3 Å². The molecule has 0 saturated heterocycles. The van der Waals surface area contributed by atoms with E-state index in [1.165, 1.54) is 12.4 Å². The van der Waals surface area contributed by atoms with Gasteiger partial charge in [-0.2, -0.15) is 10.1 Å². The van der Waals surface area contributed by atoms with Crippen LogP contribution in [0.2, 0.25) is 0 Å². The van der Waals surface area contributed by atoms with E-state index in [4.69, 9.17) is 10.5 Å². The number of nitrogens with two attached hydrogens (primary N) is 1. The summed E-state index contributed by atoms with van der Waals surface area (Å²) in [6.07, 6.45) is 4.37. The van der Waals surface area contributed by atoms with Crippen molar-refractivity contribution in [1.82, 2.24) is 15.2 Å². The fourth-order valence-electron chi connectivity index (χ4n) is 1.65. The summed E-state index contributed by atoms with van der Waals surface area (Å²) >= 11 is 0. The SMILES string of the molecule is CC(C)COc1ccc(/C=C\C(=O)Nc2ncn[nH]2)cc1N. The van der Waals surface area contributed by atoms with Crippen LogP contribution in [0.4, 0.5) is 11.6 Å². The number of hydrogen-bond acceptors (Lipinski definition) is 5. The van der Waals surface area contributed by atoms with Crippen LogP contribution in [-0.4, -0.2) is 27.7 Å². The van der Waals surface area contributed by atoms with Crippen molar-refractivity contribution >= 4 is 23.6 Å². The second kappa shape index (κ2) is 7.26. The number of anilines is 2. The Labute approximate surface area is 128 Å². The summed E-state index contributed by atoms with van der Waals surface area (Å²) in [6, 6.07) is 5.39. The minimum Gasteiger partial charge on any atom is -0.491 e. The van der Waals surface area contributed by atoms with E-state index in [0.29, 0.717) is 29.9 Å². The first-order valence-electron chi connectivity index (χ1n) is 6.91. The number of carbonyl (C=O) groups excluding carboxylic acids is 1. The number of benzene rings is 1. The monoisotopic (exact) mass is 301 g/mol. The number of aromatic amines is 1. The molecule has 0 aliphatic heterocycles. The molecule has 2 aromatic rings. The van der Waals surface area contributed by atoms with Crippen LogP contribution >= 0.6 is 0 Å². The van der Waals surface area contributed by atoms with Gasteiger partial charge in [0.1, 0.15) is 12.1 Å². The van der Waals surface area contributed by atoms with E-state index in [1.54, 1.807) is 18.2 Å². The number of H-pyrrole nitrogens is 1. The predicted octanol–water partition coefficient (Wildman–Crippen LogP) is 2.07. The number of nitrogen functional groups attached to an aromatic ring is 1. The summed E-state index contributed by atoms with van der Waals surface area (Å²) in [5, 5.41) is 8.72. The number of carbonyl (C=O) groups is 1. The van der Waals surface area contributed by atoms with Gasteiger partial charge in [0.25, 0.3) is 5.91 Å². The maximum atomic E-state index is 11.7. The number of nitrogens with zero attached hydrogens (tertiary/aromatic N) is 2. The minimum atomic E-state index is -0.310. The predicted molar refractivity (Wildman–Crippen MR) is 85.2 cm³/mol. The fourth-order valence-corrected chi connectivity index (χ4v) is 1.65. The molecule has 0 unspecified atom stereocenters. The van der Waals surface area contributed by atoms with E-state index in [9.17, 15) is 4.79 Å². The second-order valence-electron chi connectivity index (χ2n) is 5.16. The molecule has 1 aromatic carbocycles. The van der Waals surface area contributed by atoms with Gasteiger partial charge in [-0.15, -0.1) is 0 Å². The van der Waals surface area contributed by atoms with E-state index in [-0.39, 0.29) is 5.91 Å². The molecule has 0 aliphatic rings. The standard InChI is InChI=1S/C15H19N5O2/c1-10(2)8-22-13-5-3-11(7-12(13)16)4-6-14(21)19-15-17-9-18-20-15/h3-7,9-10H,8,16H2,1-2H3,(H2,17,18,19,20,21)/b6-4-. The van der Waals surface area contributed by atoms with Gasteiger partial charge < -0.3 is 10.5 Å². The summed E-state index contributed by atoms with van der Waals surface area (Å²) < 4.78 is 5.60. The van der Waals surface area contributed by atoms with Gasteiger partial charge in [-0.1, -0.05) is 19.9 Å². The Bertz CT molecular complexity index is 650. The third-order valence-electron chi connectivity index (χ3n) is 2.69. The number of aromatic nitrogens is 3. The molecule has 22 heavy (non-hydrogen) atoms. The van der Waals surface area contributed by atoms with Crippen LogP contribution in [0.15, 0.2) is 30.6 Å². The van der Waals surface area contributed by atoms with Gasteiger partial charge in [-0.05, 0) is 29.7 Å². The average molecular weight is 301 g/mol. The molecule has 7 nitrogen and oxygen atoms in total. The fraction of sp³-hybridized carbons (Fsp3) is 0.267. The molecular weight excluding hydrogens is 282 g/mol. The van der Waals surface area contributed by atoms with E-state index < -0.39 is 0 Å². The number of nitrogens with one attached hydrogen (secondary N) is 2. The van der Waals surface area contributed by atoms with Crippen molar-refractivity contribution in [3.05, 3.63) is 36.2 Å². The van der Waals surface area contributed by atoms with Crippen LogP contribution in [0.5, 0.6) is 5.75 Å². The van der Waals surface area contributed by atoms with Crippen LogP contribution in [-0.2, 0) is 4.79 Å². The quantitative estimate of drug-likeness (QED) is 0.559. The van der Waals surface area contributed by atoms with Crippen LogP contribution in [0, 0.1) is 5.92 Å². The van der Waals surface area contributed by atoms with E-state index in [0.717, 1.165) is 5.56 Å². The summed E-state index contributed by atoms with van der Waals surface area (Å²) in [4.78, 5) is 15.5. The second-order valence-corrected chi connectivity index (χ2v) is 5.16. The van der Waals surface area contributed by atoms with Crippen LogP contribution in [0.3, 0.4) is 0 Å². The van der Waals surface area contributed by atoms with Gasteiger partial charge in [0.15, 0.2) is 0 Å². The van der Waals surface area contributed by atoms with Crippen molar-refractivity contribution < 1.29 is 9.53 Å². The molecule has 7 heteroatoms. The molecule has 0 aliphatic carbocycles. The highest BCUT2D eigenvalue weighted by Crippen LogP contribution is 2.23. The van der Waals surface area contributed by atoms with Crippen molar-refractivity contribution in [3.63, 3.8) is 0 Å². The molecule has 0 atom stereocenters. The molecule has 0 saturated carbocycles. The van der Waals surface area contributed by atoms with E-state index >= 15 is 0 Å². The molecule has 1 aromatic heterocycles. The van der Waals surface area contributed by atoms with Gasteiger partial charge in [-0.3, -0.25) is 10.1 Å². The molecule has 1 amide bonds. The lowest BCUT2D eigenvalue weighted by atomic mass is 10.1. The first kappa shape index (κ1) is 15.6. The number of amides is 1. The van der Waals surface area contributed by atoms with Crippen molar-refractivity contribution in [2.24, 2.45) is 5.92 Å². The highest BCUT2D eigenvalue weighted by Gasteiger charge is 2.03. The normalized spacial score (nSPS) is 11.0. The van der Waals surface area contributed by atoms with Gasteiger partial charge in [0.2, 0.25) is 5.95 Å². The Morgan fingerprint density at radius 2 is 2.32 bits per heavy atom. The number of rotatable bonds is 6. The molecular formula is C15H19N5O2. The third-order valence-corrected chi connectivity index (χ3v) is 2.69. The van der Waals surface area contributed by atoms with Crippen LogP contribution in [0.1, 0.15) is 19.4 Å². The lowest BCUT2D eigenvalue weighted by molar-refractivity contribution is -0.111. The maximum absolute atomic E-state index is 11.7. The highest BCUT2D eigenvalue weighted by atomic mass is 16.5. The van der Waals surface area contributed by atoms with Gasteiger partial charge in [-0.25, -0.2) is 5.10 Å². The molecule has 4 N–H and O–H groups in total. The van der Waals surface area contributed by atoms with E-state index in [1.807, 2.05) is 6.07 Å². The summed E-state index contributed by atoms with van der Waals surface area (Å²) in [5.74, 6) is 1.07. The Morgan fingerprint density at radius 1 is 1.50 bits per heavy atom. The smallest absolute Gasteiger partial charge is 0.250 e. The average Bonchev–Trinajstić information content (AvgIpc) is 2.96. The summed E-state index contributed by atoms with van der Waals surface area (Å²) in [5.41, 5.74) is 7.29. The lowest BCUT2D eigenvalue weighted by Crippen LogP contribution is -2.09. The van der Waals surface area contributed by atoms with Crippen molar-refractivity contribution in [2.45, 2.75) is 13.8 Å². The maximum Gasteiger partial charge on any atom is 0.250 e. The third kappa shape index (κ3) is 4.62. The topological polar surface area (TPSA) is 106 Å². The zero-order valence-electron chi connectivity index (χ0n) is 12.5. The largest absolute Gasteiger partial charge is 0.491 e. The molecule has 1 heterocycles. The Balaban J connectivity index is 1.96. The first-order valence-corrected chi connectivity index (χ1v) is 6.91. The van der Waals surface area contributed by atoms with Crippen LogP contribution in [0.25, 0.3) is 6.08 Å².